The second kappa shape index (κ2) is 2.78. The van der Waals surface area contributed by atoms with Gasteiger partial charge in [-0.3, -0.25) is 8.93 Å². The minimum Gasteiger partial charge on any atom is -0.275 e. The second-order valence-corrected chi connectivity index (χ2v) is 3.50. The number of hydrogen-bond donors (Lipinski definition) is 0. The maximum absolute atomic E-state index is 4.18. The molecule has 3 nitrogen and oxygen atoms in total. The molecule has 0 bridgehead atoms. The van der Waals surface area contributed by atoms with Gasteiger partial charge in [-0.05, 0) is 20.8 Å². The lowest BCUT2D eigenvalue weighted by Gasteiger charge is -2.26. The second-order valence-electron chi connectivity index (χ2n) is 2.68. The van der Waals surface area contributed by atoms with Crippen molar-refractivity contribution in [3.05, 3.63) is 0 Å². The molecule has 0 aromatic rings. The van der Waals surface area contributed by atoms with Gasteiger partial charge in [0.2, 0.25) is 0 Å². The van der Waals surface area contributed by atoms with Crippen LogP contribution in [0.2, 0.25) is 0 Å². The maximum atomic E-state index is 4.18. The molecule has 1 rings (SSSR count). The van der Waals surface area contributed by atoms with E-state index in [1.807, 2.05) is 8.93 Å². The normalized spacial score (nSPS) is 25.1. The Balaban J connectivity index is 2.58. The van der Waals surface area contributed by atoms with Crippen LogP contribution in [-0.2, 0) is 0 Å². The van der Waals surface area contributed by atoms with E-state index in [2.05, 4.69) is 42.0 Å². The lowest BCUT2D eigenvalue weighted by atomic mass is 10.3. The summed E-state index contributed by atoms with van der Waals surface area (Å²) in [6.45, 7) is 6.35. The van der Waals surface area contributed by atoms with E-state index in [4.69, 9.17) is 0 Å². The molecule has 0 amide bonds. The van der Waals surface area contributed by atoms with Crippen LogP contribution in [0.1, 0.15) is 20.8 Å². The summed E-state index contributed by atoms with van der Waals surface area (Å²) in [5.74, 6) is 0. The van der Waals surface area contributed by atoms with Crippen molar-refractivity contribution in [3.63, 3.8) is 0 Å². The zero-order chi connectivity index (χ0) is 7.72. The Morgan fingerprint density at radius 3 is 2.40 bits per heavy atom. The Kier molecular flexibility index (Phi) is 2.18. The summed E-state index contributed by atoms with van der Waals surface area (Å²) in [4.78, 5) is 0. The fraction of sp³-hybridized carbons (Fsp3) is 0.833. The van der Waals surface area contributed by atoms with Gasteiger partial charge in [-0.15, -0.1) is 0 Å². The van der Waals surface area contributed by atoms with Crippen LogP contribution in [0.25, 0.3) is 0 Å². The van der Waals surface area contributed by atoms with Crippen LogP contribution in [0.4, 0.5) is 0 Å². The van der Waals surface area contributed by atoms with E-state index in [9.17, 15) is 0 Å². The van der Waals surface area contributed by atoms with Crippen molar-refractivity contribution in [2.45, 2.75) is 33.0 Å². The number of halogens is 1. The first-order valence-corrected chi connectivity index (χ1v) is 4.10. The molecule has 4 heteroatoms. The largest absolute Gasteiger partial charge is 0.275 e. The summed E-state index contributed by atoms with van der Waals surface area (Å²) in [5.41, 5.74) is 0. The van der Waals surface area contributed by atoms with Crippen molar-refractivity contribution < 1.29 is 0 Å². The molecular weight excluding hydrogens is 194 g/mol. The van der Waals surface area contributed by atoms with Gasteiger partial charge in [-0.1, -0.05) is 0 Å². The highest BCUT2D eigenvalue weighted by atomic mass is 79.9. The van der Waals surface area contributed by atoms with E-state index in [0.717, 1.165) is 0 Å². The van der Waals surface area contributed by atoms with Crippen molar-refractivity contribution in [1.29, 1.82) is 0 Å². The molecule has 58 valence electrons. The third-order valence-corrected chi connectivity index (χ3v) is 2.34. The summed E-state index contributed by atoms with van der Waals surface area (Å²) in [7, 11) is 0. The minimum absolute atomic E-state index is 0.333. The summed E-state index contributed by atoms with van der Waals surface area (Å²) < 4.78 is 1.91. The van der Waals surface area contributed by atoms with Crippen molar-refractivity contribution in [2.75, 3.05) is 0 Å². The molecule has 1 unspecified atom stereocenters. The number of hydrazone groups is 1. The molecule has 0 N–H and O–H groups in total. The maximum Gasteiger partial charge on any atom is 0.127 e. The third kappa shape index (κ3) is 1.26. The average molecular weight is 206 g/mol. The molecule has 1 atom stereocenters. The van der Waals surface area contributed by atoms with Crippen molar-refractivity contribution in [3.8, 4) is 0 Å². The fourth-order valence-electron chi connectivity index (χ4n) is 0.980. The summed E-state index contributed by atoms with van der Waals surface area (Å²) >= 11 is 3.35. The van der Waals surface area contributed by atoms with E-state index in [1.54, 1.807) is 6.34 Å². The zero-order valence-corrected chi connectivity index (χ0v) is 8.04. The Bertz CT molecular complexity index is 146. The third-order valence-electron chi connectivity index (χ3n) is 1.56. The summed E-state index contributed by atoms with van der Waals surface area (Å²) in [5, 5.41) is 6.22. The van der Waals surface area contributed by atoms with Gasteiger partial charge in [-0.2, -0.15) is 5.10 Å². The Hall–Kier alpha value is -0.250. The number of rotatable bonds is 1. The van der Waals surface area contributed by atoms with Crippen LogP contribution in [0, 0.1) is 0 Å². The van der Waals surface area contributed by atoms with E-state index in [-0.39, 0.29) is 0 Å². The van der Waals surface area contributed by atoms with Gasteiger partial charge in [0.25, 0.3) is 0 Å². The van der Waals surface area contributed by atoms with Gasteiger partial charge < -0.3 is 0 Å². The summed E-state index contributed by atoms with van der Waals surface area (Å²) in [6.07, 6.45) is 2.12. The number of hydrogen-bond acceptors (Lipinski definition) is 3. The first-order valence-electron chi connectivity index (χ1n) is 3.39. The van der Waals surface area contributed by atoms with Crippen LogP contribution in [-0.4, -0.2) is 27.5 Å². The van der Waals surface area contributed by atoms with E-state index >= 15 is 0 Å². The van der Waals surface area contributed by atoms with Crippen molar-refractivity contribution in [1.82, 2.24) is 8.93 Å². The molecule has 1 aliphatic rings. The van der Waals surface area contributed by atoms with E-state index < -0.39 is 0 Å². The first-order chi connectivity index (χ1) is 4.63. The molecule has 0 spiro atoms. The van der Waals surface area contributed by atoms with Gasteiger partial charge in [0, 0.05) is 6.04 Å². The highest BCUT2D eigenvalue weighted by Crippen LogP contribution is 2.17. The molecule has 0 saturated heterocycles. The van der Waals surface area contributed by atoms with Gasteiger partial charge >= 0.3 is 0 Å². The van der Waals surface area contributed by atoms with Crippen LogP contribution in [0.3, 0.4) is 0 Å². The molecular formula is C6H12BrN3. The van der Waals surface area contributed by atoms with Crippen molar-refractivity contribution in [2.24, 2.45) is 5.10 Å². The van der Waals surface area contributed by atoms with Crippen LogP contribution in [0.15, 0.2) is 5.10 Å². The quantitative estimate of drug-likeness (QED) is 0.607. The first kappa shape index (κ1) is 7.85. The fourth-order valence-corrected chi connectivity index (χ4v) is 1.25. The van der Waals surface area contributed by atoms with Crippen LogP contribution >= 0.6 is 16.1 Å². The lowest BCUT2D eigenvalue weighted by molar-refractivity contribution is 0.156. The molecule has 0 aromatic carbocycles. The van der Waals surface area contributed by atoms with Gasteiger partial charge in [-0.25, -0.2) is 0 Å². The molecule has 0 radical (unpaired) electrons. The highest BCUT2D eigenvalue weighted by Gasteiger charge is 2.23. The predicted octanol–water partition coefficient (Wildman–Crippen LogP) is 1.61. The average Bonchev–Trinajstić information content (AvgIpc) is 2.14. The molecule has 0 fully saturated rings. The monoisotopic (exact) mass is 205 g/mol. The number of nitrogens with zero attached hydrogens (tertiary/aromatic N) is 3. The van der Waals surface area contributed by atoms with E-state index in [1.165, 1.54) is 0 Å². The molecule has 1 heterocycles. The van der Waals surface area contributed by atoms with Gasteiger partial charge in [0.1, 0.15) is 12.5 Å². The van der Waals surface area contributed by atoms with Gasteiger partial charge in [0.05, 0.1) is 16.1 Å². The summed E-state index contributed by atoms with van der Waals surface area (Å²) in [6, 6.07) is 0.466. The lowest BCUT2D eigenvalue weighted by Crippen LogP contribution is -2.35. The van der Waals surface area contributed by atoms with E-state index in [0.29, 0.717) is 12.2 Å². The SMILES string of the molecule is CC(C)N1N=CN(Br)C1C. The molecule has 10 heavy (non-hydrogen) atoms. The smallest absolute Gasteiger partial charge is 0.127 e. The Labute approximate surface area is 70.0 Å². The zero-order valence-electron chi connectivity index (χ0n) is 6.45. The Morgan fingerprint density at radius 2 is 2.20 bits per heavy atom. The van der Waals surface area contributed by atoms with Crippen LogP contribution < -0.4 is 0 Å². The van der Waals surface area contributed by atoms with Gasteiger partial charge in [0.15, 0.2) is 0 Å². The van der Waals surface area contributed by atoms with Crippen molar-refractivity contribution >= 4 is 22.5 Å². The standard InChI is InChI=1S/C6H12BrN3/c1-5(2)10-6(3)9(7)4-8-10/h4-6H,1-3H3. The molecule has 0 saturated carbocycles. The molecule has 0 aromatic heterocycles. The minimum atomic E-state index is 0.333. The Morgan fingerprint density at radius 1 is 1.60 bits per heavy atom. The predicted molar refractivity (Wildman–Crippen MR) is 45.7 cm³/mol. The van der Waals surface area contributed by atoms with Crippen LogP contribution in [0.5, 0.6) is 0 Å². The topological polar surface area (TPSA) is 18.8 Å². The molecule has 0 aliphatic carbocycles. The molecule has 1 aliphatic heterocycles. The highest BCUT2D eigenvalue weighted by molar-refractivity contribution is 9.07.